The van der Waals surface area contributed by atoms with Crippen LogP contribution in [0.15, 0.2) is 24.3 Å². The number of carbonyl (C=O) groups is 1. The van der Waals surface area contributed by atoms with Gasteiger partial charge >= 0.3 is 0 Å². The Balaban J connectivity index is 0.00000289. The lowest BCUT2D eigenvalue weighted by Crippen LogP contribution is -2.38. The molecular weight excluding hydrogens is 248 g/mol. The molecule has 0 bridgehead atoms. The summed E-state index contributed by atoms with van der Waals surface area (Å²) in [5.74, 6) is 0.142. The highest BCUT2D eigenvalue weighted by atomic mass is 35.5. The maximum absolute atomic E-state index is 12.1. The first-order chi connectivity index (χ1) is 8.10. The predicted octanol–water partition coefficient (Wildman–Crippen LogP) is 2.72. The first-order valence-electron chi connectivity index (χ1n) is 6.14. The predicted molar refractivity (Wildman–Crippen MR) is 79.6 cm³/mol. The molecule has 0 heterocycles. The quantitative estimate of drug-likeness (QED) is 0.821. The maximum atomic E-state index is 12.1. The summed E-state index contributed by atoms with van der Waals surface area (Å²) in [6.45, 7) is 8.47. The molecule has 102 valence electrons. The van der Waals surface area contributed by atoms with Crippen molar-refractivity contribution in [3.05, 3.63) is 29.8 Å². The molecule has 4 heteroatoms. The number of rotatable bonds is 5. The van der Waals surface area contributed by atoms with Crippen molar-refractivity contribution in [1.82, 2.24) is 4.90 Å². The van der Waals surface area contributed by atoms with Gasteiger partial charge in [-0.2, -0.15) is 0 Å². The van der Waals surface area contributed by atoms with Crippen molar-refractivity contribution in [3.8, 4) is 0 Å². The van der Waals surface area contributed by atoms with Crippen LogP contribution in [0, 0.1) is 6.92 Å². The van der Waals surface area contributed by atoms with Crippen molar-refractivity contribution in [3.63, 3.8) is 0 Å². The van der Waals surface area contributed by atoms with Gasteiger partial charge in [-0.3, -0.25) is 9.69 Å². The summed E-state index contributed by atoms with van der Waals surface area (Å²) in [6.07, 6.45) is 0. The van der Waals surface area contributed by atoms with E-state index < -0.39 is 0 Å². The number of hydrogen-bond acceptors (Lipinski definition) is 2. The first-order valence-corrected chi connectivity index (χ1v) is 6.14. The molecule has 0 aliphatic heterocycles. The molecule has 0 aliphatic rings. The molecule has 0 unspecified atom stereocenters. The first kappa shape index (κ1) is 16.9. The lowest BCUT2D eigenvalue weighted by molar-refractivity contribution is -0.119. The molecule has 0 fully saturated rings. The van der Waals surface area contributed by atoms with Gasteiger partial charge in [0, 0.05) is 12.7 Å². The Morgan fingerprint density at radius 3 is 2.22 bits per heavy atom. The zero-order valence-corrected chi connectivity index (χ0v) is 12.5. The molecule has 1 rings (SSSR count). The Bertz CT molecular complexity index is 378. The lowest BCUT2D eigenvalue weighted by Gasteiger charge is -2.24. The Hall–Kier alpha value is -1.06. The van der Waals surface area contributed by atoms with E-state index in [4.69, 9.17) is 0 Å². The van der Waals surface area contributed by atoms with Crippen LogP contribution in [0.1, 0.15) is 19.4 Å². The number of halogens is 1. The van der Waals surface area contributed by atoms with Gasteiger partial charge in [-0.15, -0.1) is 12.4 Å². The van der Waals surface area contributed by atoms with E-state index in [1.807, 2.05) is 38.2 Å². The molecular formula is C14H23ClN2O. The van der Waals surface area contributed by atoms with E-state index in [9.17, 15) is 4.79 Å². The molecule has 0 aliphatic carbocycles. The highest BCUT2D eigenvalue weighted by molar-refractivity contribution is 5.94. The van der Waals surface area contributed by atoms with E-state index in [0.717, 1.165) is 24.3 Å². The van der Waals surface area contributed by atoms with Crippen LogP contribution < -0.4 is 4.90 Å². The van der Waals surface area contributed by atoms with Crippen LogP contribution in [0.4, 0.5) is 5.69 Å². The molecule has 0 spiro atoms. The second-order valence-corrected chi connectivity index (χ2v) is 4.20. The molecule has 1 amide bonds. The van der Waals surface area contributed by atoms with E-state index in [1.165, 1.54) is 0 Å². The number of carbonyl (C=O) groups excluding carboxylic acids is 1. The van der Waals surface area contributed by atoms with E-state index in [0.29, 0.717) is 6.54 Å². The molecule has 0 saturated carbocycles. The normalized spacial score (nSPS) is 10.1. The van der Waals surface area contributed by atoms with Crippen molar-refractivity contribution in [1.29, 1.82) is 0 Å². The SMILES string of the molecule is CCN(CC)CC(=O)N(C)c1ccccc1C.Cl. The van der Waals surface area contributed by atoms with E-state index in [-0.39, 0.29) is 18.3 Å². The summed E-state index contributed by atoms with van der Waals surface area (Å²) < 4.78 is 0. The standard InChI is InChI=1S/C14H22N2O.ClH/c1-5-16(6-2)11-14(17)15(4)13-10-8-7-9-12(13)3;/h7-10H,5-6,11H2,1-4H3;1H. The second-order valence-electron chi connectivity index (χ2n) is 4.20. The second kappa shape index (κ2) is 8.11. The van der Waals surface area contributed by atoms with Crippen LogP contribution in [-0.4, -0.2) is 37.5 Å². The van der Waals surface area contributed by atoms with Crippen LogP contribution >= 0.6 is 12.4 Å². The fourth-order valence-electron chi connectivity index (χ4n) is 1.82. The van der Waals surface area contributed by atoms with Crippen LogP contribution in [0.25, 0.3) is 0 Å². The molecule has 1 aromatic rings. The minimum absolute atomic E-state index is 0. The zero-order chi connectivity index (χ0) is 12.8. The van der Waals surface area contributed by atoms with E-state index in [1.54, 1.807) is 4.90 Å². The summed E-state index contributed by atoms with van der Waals surface area (Å²) in [5, 5.41) is 0. The molecule has 0 N–H and O–H groups in total. The lowest BCUT2D eigenvalue weighted by atomic mass is 10.2. The topological polar surface area (TPSA) is 23.6 Å². The number of aryl methyl sites for hydroxylation is 1. The van der Waals surface area contributed by atoms with Gasteiger partial charge < -0.3 is 4.90 Å². The number of nitrogens with zero attached hydrogens (tertiary/aromatic N) is 2. The zero-order valence-electron chi connectivity index (χ0n) is 11.6. The third-order valence-electron chi connectivity index (χ3n) is 3.10. The minimum atomic E-state index is 0. The fourth-order valence-corrected chi connectivity index (χ4v) is 1.82. The molecule has 0 atom stereocenters. The summed E-state index contributed by atoms with van der Waals surface area (Å²) >= 11 is 0. The Morgan fingerprint density at radius 1 is 1.17 bits per heavy atom. The third-order valence-corrected chi connectivity index (χ3v) is 3.10. The highest BCUT2D eigenvalue weighted by Crippen LogP contribution is 2.17. The smallest absolute Gasteiger partial charge is 0.240 e. The van der Waals surface area contributed by atoms with E-state index >= 15 is 0 Å². The number of amides is 1. The summed E-state index contributed by atoms with van der Waals surface area (Å²) in [7, 11) is 1.84. The van der Waals surface area contributed by atoms with Gasteiger partial charge in [0.2, 0.25) is 5.91 Å². The minimum Gasteiger partial charge on any atom is -0.314 e. The Kier molecular flexibility index (Phi) is 7.64. The van der Waals surface area contributed by atoms with Crippen LogP contribution in [0.2, 0.25) is 0 Å². The summed E-state index contributed by atoms with van der Waals surface area (Å²) in [6, 6.07) is 7.96. The number of hydrogen-bond donors (Lipinski definition) is 0. The van der Waals surface area contributed by atoms with Crippen molar-refractivity contribution in [2.75, 3.05) is 31.6 Å². The molecule has 3 nitrogen and oxygen atoms in total. The van der Waals surface area contributed by atoms with Gasteiger partial charge in [-0.25, -0.2) is 0 Å². The van der Waals surface area contributed by atoms with Crippen LogP contribution in [0.5, 0.6) is 0 Å². The number of anilines is 1. The van der Waals surface area contributed by atoms with Gasteiger partial charge in [0.05, 0.1) is 6.54 Å². The fraction of sp³-hybridized carbons (Fsp3) is 0.500. The van der Waals surface area contributed by atoms with Gasteiger partial charge in [0.15, 0.2) is 0 Å². The van der Waals surface area contributed by atoms with Crippen molar-refractivity contribution in [2.24, 2.45) is 0 Å². The van der Waals surface area contributed by atoms with Gasteiger partial charge in [-0.05, 0) is 31.6 Å². The number of benzene rings is 1. The van der Waals surface area contributed by atoms with Gasteiger partial charge in [0.25, 0.3) is 0 Å². The third kappa shape index (κ3) is 4.31. The van der Waals surface area contributed by atoms with E-state index in [2.05, 4.69) is 18.7 Å². The summed E-state index contributed by atoms with van der Waals surface area (Å²) in [4.78, 5) is 16.0. The summed E-state index contributed by atoms with van der Waals surface area (Å²) in [5.41, 5.74) is 2.12. The van der Waals surface area contributed by atoms with Crippen molar-refractivity contribution in [2.45, 2.75) is 20.8 Å². The van der Waals surface area contributed by atoms with Gasteiger partial charge in [0.1, 0.15) is 0 Å². The molecule has 1 aromatic carbocycles. The highest BCUT2D eigenvalue weighted by Gasteiger charge is 2.14. The van der Waals surface area contributed by atoms with Crippen LogP contribution in [-0.2, 0) is 4.79 Å². The molecule has 18 heavy (non-hydrogen) atoms. The average molecular weight is 271 g/mol. The van der Waals surface area contributed by atoms with Crippen LogP contribution in [0.3, 0.4) is 0 Å². The average Bonchev–Trinajstić information content (AvgIpc) is 2.35. The monoisotopic (exact) mass is 270 g/mol. The molecule has 0 aromatic heterocycles. The molecule has 0 radical (unpaired) electrons. The Labute approximate surface area is 116 Å². The maximum Gasteiger partial charge on any atom is 0.240 e. The largest absolute Gasteiger partial charge is 0.314 e. The Morgan fingerprint density at radius 2 is 1.72 bits per heavy atom. The molecule has 0 saturated heterocycles. The number of likely N-dealkylation sites (N-methyl/N-ethyl adjacent to an activating group) is 2. The van der Waals surface area contributed by atoms with Crippen molar-refractivity contribution < 1.29 is 4.79 Å². The number of para-hydroxylation sites is 1. The van der Waals surface area contributed by atoms with Gasteiger partial charge in [-0.1, -0.05) is 32.0 Å². The van der Waals surface area contributed by atoms with Crippen molar-refractivity contribution >= 4 is 24.0 Å².